The number of benzene rings is 1. The van der Waals surface area contributed by atoms with E-state index in [4.69, 9.17) is 11.6 Å². The number of hydrogen-bond acceptors (Lipinski definition) is 4. The van der Waals surface area contributed by atoms with Gasteiger partial charge in [-0.2, -0.15) is 0 Å². The number of anilines is 2. The zero-order valence-electron chi connectivity index (χ0n) is 12.2. The number of aryl methyl sites for hydroxylation is 1. The summed E-state index contributed by atoms with van der Waals surface area (Å²) in [6.45, 7) is 3.02. The van der Waals surface area contributed by atoms with Crippen molar-refractivity contribution in [1.82, 2.24) is 4.98 Å². The van der Waals surface area contributed by atoms with Gasteiger partial charge in [0.1, 0.15) is 5.15 Å². The van der Waals surface area contributed by atoms with Crippen LogP contribution in [0.5, 0.6) is 0 Å². The minimum absolute atomic E-state index is 0.0893. The molecule has 2 N–H and O–H groups in total. The number of rotatable bonds is 4. The van der Waals surface area contributed by atoms with E-state index in [0.29, 0.717) is 21.4 Å². The quantitative estimate of drug-likeness (QED) is 0.743. The Kier molecular flexibility index (Phi) is 5.28. The van der Waals surface area contributed by atoms with Crippen molar-refractivity contribution in [2.75, 3.05) is 10.0 Å². The summed E-state index contributed by atoms with van der Waals surface area (Å²) in [5.74, 6) is -0.245. The van der Waals surface area contributed by atoms with Crippen molar-refractivity contribution < 1.29 is 13.2 Å². The Morgan fingerprint density at radius 1 is 1.30 bits per heavy atom. The zero-order valence-corrected chi connectivity index (χ0v) is 15.4. The van der Waals surface area contributed by atoms with E-state index in [1.165, 1.54) is 31.3 Å². The van der Waals surface area contributed by atoms with Gasteiger partial charge in [-0.25, -0.2) is 13.4 Å². The predicted octanol–water partition coefficient (Wildman–Crippen LogP) is 3.57. The molecule has 0 saturated carbocycles. The van der Waals surface area contributed by atoms with Gasteiger partial charge in [0.15, 0.2) is 0 Å². The second-order valence-electron chi connectivity index (χ2n) is 4.75. The Morgan fingerprint density at radius 3 is 2.61 bits per heavy atom. The first-order chi connectivity index (χ1) is 10.7. The highest BCUT2D eigenvalue weighted by atomic mass is 79.9. The Bertz CT molecular complexity index is 872. The number of nitrogens with zero attached hydrogens (tertiary/aromatic N) is 1. The van der Waals surface area contributed by atoms with Crippen molar-refractivity contribution in [2.45, 2.75) is 18.7 Å². The number of nitrogens with one attached hydrogen (secondary N) is 2. The molecule has 1 heterocycles. The monoisotopic (exact) mass is 417 g/mol. The Morgan fingerprint density at radius 2 is 2.00 bits per heavy atom. The third kappa shape index (κ3) is 4.43. The standard InChI is InChI=1S/C14H13BrClN3O3S/c1-8-5-12(18-9(2)20)11(15)7-13(8)23(21,22)19-10-3-4-17-14(16)6-10/h3-7H,1-2H3,(H,17,19)(H,18,20). The van der Waals surface area contributed by atoms with Gasteiger partial charge in [0.05, 0.1) is 16.3 Å². The first-order valence-electron chi connectivity index (χ1n) is 6.41. The van der Waals surface area contributed by atoms with Gasteiger partial charge in [-0.15, -0.1) is 0 Å². The maximum Gasteiger partial charge on any atom is 0.262 e. The largest absolute Gasteiger partial charge is 0.325 e. The molecular weight excluding hydrogens is 406 g/mol. The third-order valence-electron chi connectivity index (χ3n) is 2.84. The van der Waals surface area contributed by atoms with Crippen molar-refractivity contribution in [1.29, 1.82) is 0 Å². The molecule has 0 fully saturated rings. The van der Waals surface area contributed by atoms with Crippen LogP contribution in [0.4, 0.5) is 11.4 Å². The molecule has 0 spiro atoms. The van der Waals surface area contributed by atoms with Gasteiger partial charge >= 0.3 is 0 Å². The fourth-order valence-electron chi connectivity index (χ4n) is 1.91. The Labute approximate surface area is 147 Å². The summed E-state index contributed by atoms with van der Waals surface area (Å²) < 4.78 is 28.0. The fraction of sp³-hybridized carbons (Fsp3) is 0.143. The Balaban J connectivity index is 2.40. The molecule has 0 aliphatic carbocycles. The van der Waals surface area contributed by atoms with Crippen LogP contribution >= 0.6 is 27.5 Å². The molecule has 0 unspecified atom stereocenters. The number of hydrogen-bond donors (Lipinski definition) is 2. The first kappa shape index (κ1) is 17.7. The molecule has 9 heteroatoms. The molecule has 0 radical (unpaired) electrons. The van der Waals surface area contributed by atoms with E-state index in [1.54, 1.807) is 13.0 Å². The van der Waals surface area contributed by atoms with Gasteiger partial charge in [0.2, 0.25) is 5.91 Å². The molecule has 1 aromatic carbocycles. The predicted molar refractivity (Wildman–Crippen MR) is 93.2 cm³/mol. The van der Waals surface area contributed by atoms with Crippen LogP contribution < -0.4 is 10.0 Å². The number of carbonyl (C=O) groups is 1. The number of aromatic nitrogens is 1. The van der Waals surface area contributed by atoms with Crippen molar-refractivity contribution >= 4 is 54.8 Å². The van der Waals surface area contributed by atoms with Gasteiger partial charge in [0, 0.05) is 17.6 Å². The van der Waals surface area contributed by atoms with Crippen LogP contribution in [0, 0.1) is 6.92 Å². The number of carbonyl (C=O) groups excluding carboxylic acids is 1. The van der Waals surface area contributed by atoms with E-state index in [9.17, 15) is 13.2 Å². The van der Waals surface area contributed by atoms with Gasteiger partial charge in [-0.3, -0.25) is 9.52 Å². The fourth-order valence-corrected chi connectivity index (χ4v) is 3.99. The Hall–Kier alpha value is -1.64. The number of amides is 1. The molecular formula is C14H13BrClN3O3S. The molecule has 6 nitrogen and oxygen atoms in total. The van der Waals surface area contributed by atoms with E-state index in [0.717, 1.165) is 0 Å². The molecule has 23 heavy (non-hydrogen) atoms. The molecule has 2 rings (SSSR count). The molecule has 0 saturated heterocycles. The summed E-state index contributed by atoms with van der Waals surface area (Å²) >= 11 is 9.01. The highest BCUT2D eigenvalue weighted by Crippen LogP contribution is 2.30. The van der Waals surface area contributed by atoms with Crippen molar-refractivity contribution in [2.24, 2.45) is 0 Å². The molecule has 2 aromatic rings. The first-order valence-corrected chi connectivity index (χ1v) is 9.06. The summed E-state index contributed by atoms with van der Waals surface area (Å²) in [5.41, 5.74) is 1.30. The topological polar surface area (TPSA) is 88.2 Å². The second kappa shape index (κ2) is 6.86. The third-order valence-corrected chi connectivity index (χ3v) is 5.23. The summed E-state index contributed by atoms with van der Waals surface area (Å²) in [4.78, 5) is 15.0. The van der Waals surface area contributed by atoms with Crippen LogP contribution in [0.1, 0.15) is 12.5 Å². The summed E-state index contributed by atoms with van der Waals surface area (Å²) in [6.07, 6.45) is 1.41. The number of sulfonamides is 1. The minimum Gasteiger partial charge on any atom is -0.325 e. The molecule has 0 aliphatic rings. The van der Waals surface area contributed by atoms with Crippen LogP contribution in [-0.2, 0) is 14.8 Å². The summed E-state index contributed by atoms with van der Waals surface area (Å²) in [5, 5.41) is 2.81. The number of pyridine rings is 1. The van der Waals surface area contributed by atoms with Crippen LogP contribution in [0.2, 0.25) is 5.15 Å². The van der Waals surface area contributed by atoms with Gasteiger partial charge in [0.25, 0.3) is 10.0 Å². The smallest absolute Gasteiger partial charge is 0.262 e. The molecule has 0 bridgehead atoms. The van der Waals surface area contributed by atoms with Crippen LogP contribution in [0.15, 0.2) is 39.8 Å². The SMILES string of the molecule is CC(=O)Nc1cc(C)c(S(=O)(=O)Nc2ccnc(Cl)c2)cc1Br. The van der Waals surface area contributed by atoms with E-state index < -0.39 is 10.0 Å². The van der Waals surface area contributed by atoms with Crippen LogP contribution in [0.25, 0.3) is 0 Å². The van der Waals surface area contributed by atoms with Crippen molar-refractivity contribution in [3.05, 3.63) is 45.7 Å². The highest BCUT2D eigenvalue weighted by molar-refractivity contribution is 9.10. The highest BCUT2D eigenvalue weighted by Gasteiger charge is 2.19. The second-order valence-corrected chi connectivity index (χ2v) is 7.64. The summed E-state index contributed by atoms with van der Waals surface area (Å²) in [7, 11) is -3.81. The van der Waals surface area contributed by atoms with E-state index in [1.807, 2.05) is 0 Å². The lowest BCUT2D eigenvalue weighted by atomic mass is 10.2. The van der Waals surface area contributed by atoms with E-state index in [2.05, 4.69) is 31.0 Å². The van der Waals surface area contributed by atoms with Crippen molar-refractivity contribution in [3.8, 4) is 0 Å². The molecule has 122 valence electrons. The lowest BCUT2D eigenvalue weighted by molar-refractivity contribution is -0.114. The minimum atomic E-state index is -3.81. The van der Waals surface area contributed by atoms with Gasteiger partial charge < -0.3 is 5.32 Å². The molecule has 1 amide bonds. The average Bonchev–Trinajstić information content (AvgIpc) is 2.41. The van der Waals surface area contributed by atoms with Crippen molar-refractivity contribution in [3.63, 3.8) is 0 Å². The lowest BCUT2D eigenvalue weighted by Gasteiger charge is -2.13. The maximum atomic E-state index is 12.5. The van der Waals surface area contributed by atoms with Gasteiger partial charge in [-0.05, 0) is 52.7 Å². The molecule has 1 aromatic heterocycles. The zero-order chi connectivity index (χ0) is 17.2. The normalized spacial score (nSPS) is 11.1. The number of halogens is 2. The molecule has 0 atom stereocenters. The van der Waals surface area contributed by atoms with E-state index in [-0.39, 0.29) is 16.0 Å². The van der Waals surface area contributed by atoms with Crippen LogP contribution in [-0.4, -0.2) is 19.3 Å². The van der Waals surface area contributed by atoms with E-state index >= 15 is 0 Å². The lowest BCUT2D eigenvalue weighted by Crippen LogP contribution is -2.15. The average molecular weight is 419 g/mol. The maximum absolute atomic E-state index is 12.5. The van der Waals surface area contributed by atoms with Crippen LogP contribution in [0.3, 0.4) is 0 Å². The molecule has 0 aliphatic heterocycles. The van der Waals surface area contributed by atoms with Gasteiger partial charge in [-0.1, -0.05) is 11.6 Å². The summed E-state index contributed by atoms with van der Waals surface area (Å²) in [6, 6.07) is 5.93.